The van der Waals surface area contributed by atoms with Crippen LogP contribution in [0.1, 0.15) is 128 Å². The molecule has 6 nitrogen and oxygen atoms in total. The van der Waals surface area contributed by atoms with E-state index in [0.717, 1.165) is 66.5 Å². The van der Waals surface area contributed by atoms with Crippen molar-refractivity contribution in [3.8, 4) is 11.5 Å². The molecule has 7 atom stereocenters. The van der Waals surface area contributed by atoms with E-state index in [4.69, 9.17) is 15.2 Å². The Labute approximate surface area is 292 Å². The lowest BCUT2D eigenvalue weighted by molar-refractivity contribution is -0.141. The minimum atomic E-state index is -0.469. The van der Waals surface area contributed by atoms with Crippen molar-refractivity contribution in [2.45, 2.75) is 130 Å². The number of primary amides is 1. The van der Waals surface area contributed by atoms with Crippen LogP contribution in [-0.2, 0) is 19.8 Å². The smallest absolute Gasteiger partial charge is 0.308 e. The summed E-state index contributed by atoms with van der Waals surface area (Å²) in [5, 5.41) is -0.0346. The third-order valence-electron chi connectivity index (χ3n) is 12.6. The Morgan fingerprint density at radius 3 is 2.08 bits per heavy atom. The maximum absolute atomic E-state index is 12.7. The Balaban J connectivity index is 0.00000221. The number of benzene rings is 2. The average molecular weight is 674 g/mol. The summed E-state index contributed by atoms with van der Waals surface area (Å²) in [5.74, 6) is 0.395. The molecule has 0 saturated heterocycles. The Hall–Kier alpha value is -3.06. The number of rotatable bonds is 5. The summed E-state index contributed by atoms with van der Waals surface area (Å²) >= 11 is 1.81. The third kappa shape index (κ3) is 6.03. The molecule has 4 aliphatic rings. The predicted molar refractivity (Wildman–Crippen MR) is 193 cm³/mol. The van der Waals surface area contributed by atoms with Crippen LogP contribution in [0.3, 0.4) is 0 Å². The molecule has 3 saturated carbocycles. The van der Waals surface area contributed by atoms with Gasteiger partial charge in [0.1, 0.15) is 0 Å². The second-order valence-electron chi connectivity index (χ2n) is 15.7. The number of carbonyl (C=O) groups excluding carboxylic acids is 3. The van der Waals surface area contributed by atoms with Crippen LogP contribution >= 0.6 is 11.8 Å². The van der Waals surface area contributed by atoms with Crippen LogP contribution < -0.4 is 15.2 Å². The van der Waals surface area contributed by atoms with Crippen molar-refractivity contribution >= 4 is 29.6 Å². The van der Waals surface area contributed by atoms with Gasteiger partial charge in [-0.2, -0.15) is 0 Å². The first kappa shape index (κ1) is 36.2. The molecular formula is C41H55NO5S. The van der Waals surface area contributed by atoms with Crippen molar-refractivity contribution in [2.75, 3.05) is 0 Å². The van der Waals surface area contributed by atoms with E-state index in [9.17, 15) is 14.4 Å². The number of hydrogen-bond acceptors (Lipinski definition) is 6. The average Bonchev–Trinajstić information content (AvgIpc) is 3.02. The summed E-state index contributed by atoms with van der Waals surface area (Å²) in [5.41, 5.74) is 11.2. The number of fused-ring (bicyclic) bond motifs is 7. The molecule has 2 aromatic rings. The molecule has 0 bridgehead atoms. The van der Waals surface area contributed by atoms with Crippen molar-refractivity contribution in [1.82, 2.24) is 0 Å². The molecular weight excluding hydrogens is 619 g/mol. The van der Waals surface area contributed by atoms with E-state index in [1.165, 1.54) is 25.0 Å². The van der Waals surface area contributed by atoms with Crippen LogP contribution in [0.4, 0.5) is 0 Å². The number of allylic oxidation sites excluding steroid dienone is 1. The van der Waals surface area contributed by atoms with Gasteiger partial charge < -0.3 is 15.2 Å². The van der Waals surface area contributed by atoms with E-state index in [2.05, 4.69) is 65.0 Å². The number of aryl methyl sites for hydroxylation is 1. The molecule has 7 unspecified atom stereocenters. The lowest BCUT2D eigenvalue weighted by Crippen LogP contribution is -2.58. The number of esters is 2. The van der Waals surface area contributed by atoms with E-state index < -0.39 is 17.4 Å². The highest BCUT2D eigenvalue weighted by atomic mass is 32.2. The number of thioether (sulfide) groups is 1. The number of carbonyl (C=O) groups is 3. The van der Waals surface area contributed by atoms with Crippen molar-refractivity contribution < 1.29 is 23.9 Å². The SMILES string of the molecule is CC.CC(=O)Oc1cc2c(c(C)c1OC(C)=O)C(Sc1ccc(C)cc1)C=C1C2(C)CCC2C3CC(C)(C(N)=O)CCC3(C)CCC12C. The van der Waals surface area contributed by atoms with E-state index in [1.54, 1.807) is 0 Å². The molecule has 0 spiro atoms. The summed E-state index contributed by atoms with van der Waals surface area (Å²) in [6.45, 7) is 20.2. The molecule has 2 N–H and O–H groups in total. The lowest BCUT2D eigenvalue weighted by Gasteiger charge is -2.65. The van der Waals surface area contributed by atoms with Crippen LogP contribution in [0.2, 0.25) is 0 Å². The topological polar surface area (TPSA) is 95.7 Å². The van der Waals surface area contributed by atoms with Crippen LogP contribution in [-0.4, -0.2) is 17.8 Å². The van der Waals surface area contributed by atoms with Gasteiger partial charge in [0.05, 0.1) is 5.25 Å². The zero-order valence-corrected chi connectivity index (χ0v) is 31.5. The fraction of sp³-hybridized carbons (Fsp3) is 0.585. The Kier molecular flexibility index (Phi) is 9.81. The minimum absolute atomic E-state index is 0.0346. The first-order valence-corrected chi connectivity index (χ1v) is 18.7. The Morgan fingerprint density at radius 1 is 0.854 bits per heavy atom. The normalized spacial score (nSPS) is 33.3. The second-order valence-corrected chi connectivity index (χ2v) is 16.9. The molecule has 260 valence electrons. The second kappa shape index (κ2) is 13.0. The molecule has 0 heterocycles. The van der Waals surface area contributed by atoms with Gasteiger partial charge in [0.2, 0.25) is 5.91 Å². The van der Waals surface area contributed by atoms with Gasteiger partial charge in [-0.15, -0.1) is 11.8 Å². The van der Waals surface area contributed by atoms with Gasteiger partial charge in [0.15, 0.2) is 11.5 Å². The molecule has 0 radical (unpaired) electrons. The van der Waals surface area contributed by atoms with Gasteiger partial charge in [0, 0.05) is 35.1 Å². The molecule has 2 aromatic carbocycles. The highest BCUT2D eigenvalue weighted by Crippen LogP contribution is 2.71. The first-order chi connectivity index (χ1) is 22.5. The summed E-state index contributed by atoms with van der Waals surface area (Å²) in [4.78, 5) is 38.5. The third-order valence-corrected chi connectivity index (χ3v) is 13.8. The van der Waals surface area contributed by atoms with Crippen LogP contribution in [0.15, 0.2) is 46.9 Å². The summed E-state index contributed by atoms with van der Waals surface area (Å²) in [7, 11) is 0. The highest BCUT2D eigenvalue weighted by molar-refractivity contribution is 7.99. The van der Waals surface area contributed by atoms with Gasteiger partial charge in [-0.1, -0.05) is 70.9 Å². The minimum Gasteiger partial charge on any atom is -0.423 e. The summed E-state index contributed by atoms with van der Waals surface area (Å²) in [6.07, 6.45) is 9.48. The number of ether oxygens (including phenoxy) is 2. The molecule has 3 fully saturated rings. The molecule has 0 aromatic heterocycles. The Bertz CT molecular complexity index is 1650. The van der Waals surface area contributed by atoms with Crippen molar-refractivity contribution in [2.24, 2.45) is 33.8 Å². The van der Waals surface area contributed by atoms with Gasteiger partial charge in [-0.3, -0.25) is 14.4 Å². The molecule has 6 rings (SSSR count). The number of nitrogens with two attached hydrogens (primary N) is 1. The molecule has 0 aliphatic heterocycles. The van der Waals surface area contributed by atoms with E-state index in [1.807, 2.05) is 38.6 Å². The van der Waals surface area contributed by atoms with Crippen LogP contribution in [0, 0.1) is 41.9 Å². The van der Waals surface area contributed by atoms with E-state index in [0.29, 0.717) is 23.3 Å². The molecule has 7 heteroatoms. The van der Waals surface area contributed by atoms with Gasteiger partial charge >= 0.3 is 11.9 Å². The van der Waals surface area contributed by atoms with E-state index >= 15 is 0 Å². The van der Waals surface area contributed by atoms with Gasteiger partial charge in [-0.25, -0.2) is 0 Å². The predicted octanol–water partition coefficient (Wildman–Crippen LogP) is 9.72. The highest BCUT2D eigenvalue weighted by Gasteiger charge is 2.62. The maximum atomic E-state index is 12.7. The standard InChI is InChI=1S/C39H49NO5S.C2H6/c1-22-9-11-26(12-10-22)46-31-20-32-38(7,28-19-30(44-24(3)41)34(45-25(4)42)23(2)33(28)31)14-13-27-29-21-37(6,35(40)43)16-15-36(29,5)17-18-39(27,32)8;1-2/h9-12,19-20,27,29,31H,13-18,21H2,1-8H3,(H2,40,43);1-2H3. The monoisotopic (exact) mass is 673 g/mol. The lowest BCUT2D eigenvalue weighted by atomic mass is 9.40. The van der Waals surface area contributed by atoms with Crippen molar-refractivity contribution in [3.05, 3.63) is 64.2 Å². The zero-order valence-electron chi connectivity index (χ0n) is 30.7. The number of hydrogen-bond donors (Lipinski definition) is 1. The van der Waals surface area contributed by atoms with E-state index in [-0.39, 0.29) is 27.4 Å². The summed E-state index contributed by atoms with van der Waals surface area (Å²) < 4.78 is 11.5. The quantitative estimate of drug-likeness (QED) is 0.193. The fourth-order valence-corrected chi connectivity index (χ4v) is 11.0. The largest absolute Gasteiger partial charge is 0.423 e. The van der Waals surface area contributed by atoms with Crippen LogP contribution in [0.25, 0.3) is 0 Å². The maximum Gasteiger partial charge on any atom is 0.308 e. The molecule has 1 amide bonds. The van der Waals surface area contributed by atoms with Gasteiger partial charge in [0.25, 0.3) is 0 Å². The number of amides is 1. The fourth-order valence-electron chi connectivity index (χ4n) is 9.83. The van der Waals surface area contributed by atoms with Crippen LogP contribution in [0.5, 0.6) is 11.5 Å². The van der Waals surface area contributed by atoms with Crippen molar-refractivity contribution in [1.29, 1.82) is 0 Å². The van der Waals surface area contributed by atoms with Crippen molar-refractivity contribution in [3.63, 3.8) is 0 Å². The molecule has 48 heavy (non-hydrogen) atoms. The van der Waals surface area contributed by atoms with Gasteiger partial charge in [-0.05, 0) is 111 Å². The first-order valence-electron chi connectivity index (χ1n) is 17.8. The zero-order chi connectivity index (χ0) is 35.4. The summed E-state index contributed by atoms with van der Waals surface area (Å²) in [6, 6.07) is 10.6. The Morgan fingerprint density at radius 2 is 1.48 bits per heavy atom. The molecule has 4 aliphatic carbocycles.